The lowest BCUT2D eigenvalue weighted by atomic mass is 10.2. The summed E-state index contributed by atoms with van der Waals surface area (Å²) in [6.07, 6.45) is 5.00. The van der Waals surface area contributed by atoms with Crippen molar-refractivity contribution in [1.82, 2.24) is 9.55 Å². The van der Waals surface area contributed by atoms with Crippen molar-refractivity contribution >= 4 is 11.6 Å². The number of allylic oxidation sites excluding steroid dienone is 1. The first kappa shape index (κ1) is 12.3. The molecule has 1 aromatic heterocycles. The van der Waals surface area contributed by atoms with Gasteiger partial charge in [-0.05, 0) is 18.6 Å². The van der Waals surface area contributed by atoms with Crippen molar-refractivity contribution < 1.29 is 8.78 Å². The van der Waals surface area contributed by atoms with Crippen LogP contribution in [0.15, 0.2) is 37.2 Å². The second-order valence-corrected chi connectivity index (χ2v) is 3.90. The molecule has 0 aliphatic rings. The molecule has 0 saturated carbocycles. The highest BCUT2D eigenvalue weighted by atomic mass is 19.1. The molecule has 0 amide bonds. The van der Waals surface area contributed by atoms with E-state index >= 15 is 0 Å². The van der Waals surface area contributed by atoms with Crippen LogP contribution in [0.3, 0.4) is 0 Å². The summed E-state index contributed by atoms with van der Waals surface area (Å²) in [7, 11) is 0. The monoisotopic (exact) mass is 249 g/mol. The van der Waals surface area contributed by atoms with Gasteiger partial charge in [0.2, 0.25) is 5.95 Å². The van der Waals surface area contributed by atoms with E-state index in [0.29, 0.717) is 12.5 Å². The van der Waals surface area contributed by atoms with Crippen molar-refractivity contribution in [3.63, 3.8) is 0 Å². The topological polar surface area (TPSA) is 29.9 Å². The molecular formula is C13H13F2N3. The summed E-state index contributed by atoms with van der Waals surface area (Å²) < 4.78 is 28.8. The van der Waals surface area contributed by atoms with Gasteiger partial charge in [-0.1, -0.05) is 6.08 Å². The zero-order chi connectivity index (χ0) is 13.1. The summed E-state index contributed by atoms with van der Waals surface area (Å²) in [5.74, 6) is -0.528. The van der Waals surface area contributed by atoms with Gasteiger partial charge >= 0.3 is 0 Å². The number of nitrogens with zero attached hydrogens (tertiary/aromatic N) is 2. The molecule has 1 heterocycles. The SMILES string of the molecule is C=CCn1ccnc1Nc1cc(F)c(C)cc1F. The van der Waals surface area contributed by atoms with Crippen molar-refractivity contribution in [2.45, 2.75) is 13.5 Å². The molecule has 18 heavy (non-hydrogen) atoms. The van der Waals surface area contributed by atoms with E-state index in [0.717, 1.165) is 12.1 Å². The normalized spacial score (nSPS) is 10.4. The van der Waals surface area contributed by atoms with Crippen LogP contribution in [-0.4, -0.2) is 9.55 Å². The Bertz CT molecular complexity index is 576. The third-order valence-corrected chi connectivity index (χ3v) is 2.54. The van der Waals surface area contributed by atoms with Gasteiger partial charge in [0.1, 0.15) is 11.6 Å². The summed E-state index contributed by atoms with van der Waals surface area (Å²) in [5.41, 5.74) is 0.335. The molecule has 0 radical (unpaired) electrons. The van der Waals surface area contributed by atoms with Crippen LogP contribution in [-0.2, 0) is 6.54 Å². The molecule has 1 aromatic carbocycles. The lowest BCUT2D eigenvalue weighted by molar-refractivity contribution is 0.595. The summed E-state index contributed by atoms with van der Waals surface area (Å²) in [5, 5.41) is 2.76. The number of nitrogens with one attached hydrogen (secondary N) is 1. The standard InChI is InChI=1S/C13H13F2N3/c1-3-5-18-6-4-16-13(18)17-12-8-10(14)9(2)7-11(12)15/h3-4,6-8H,1,5H2,2H3,(H,16,17). The van der Waals surface area contributed by atoms with E-state index in [1.54, 1.807) is 23.0 Å². The Morgan fingerprint density at radius 2 is 2.17 bits per heavy atom. The molecule has 2 rings (SSSR count). The van der Waals surface area contributed by atoms with E-state index in [2.05, 4.69) is 16.9 Å². The van der Waals surface area contributed by atoms with Crippen LogP contribution in [0.1, 0.15) is 5.56 Å². The minimum Gasteiger partial charge on any atom is -0.323 e. The number of anilines is 2. The van der Waals surface area contributed by atoms with Gasteiger partial charge in [0.25, 0.3) is 0 Å². The number of rotatable bonds is 4. The van der Waals surface area contributed by atoms with Crippen molar-refractivity contribution in [3.05, 3.63) is 54.4 Å². The average molecular weight is 249 g/mol. The number of hydrogen-bond acceptors (Lipinski definition) is 2. The van der Waals surface area contributed by atoms with E-state index in [9.17, 15) is 8.78 Å². The summed E-state index contributed by atoms with van der Waals surface area (Å²) >= 11 is 0. The first-order chi connectivity index (χ1) is 8.61. The highest BCUT2D eigenvalue weighted by Gasteiger charge is 2.09. The quantitative estimate of drug-likeness (QED) is 0.842. The second-order valence-electron chi connectivity index (χ2n) is 3.90. The molecule has 0 aliphatic heterocycles. The maximum absolute atomic E-state index is 13.7. The molecule has 0 atom stereocenters. The minimum atomic E-state index is -0.512. The molecule has 0 aliphatic carbocycles. The van der Waals surface area contributed by atoms with E-state index in [1.807, 2.05) is 0 Å². The zero-order valence-corrected chi connectivity index (χ0v) is 9.95. The highest BCUT2D eigenvalue weighted by molar-refractivity contribution is 5.55. The van der Waals surface area contributed by atoms with Gasteiger partial charge in [0.15, 0.2) is 0 Å². The fourth-order valence-corrected chi connectivity index (χ4v) is 1.58. The van der Waals surface area contributed by atoms with Crippen LogP contribution in [0, 0.1) is 18.6 Å². The number of aryl methyl sites for hydroxylation is 1. The summed E-state index contributed by atoms with van der Waals surface area (Å²) in [4.78, 5) is 4.04. The lowest BCUT2D eigenvalue weighted by Gasteiger charge is -2.09. The van der Waals surface area contributed by atoms with Gasteiger partial charge < -0.3 is 9.88 Å². The van der Waals surface area contributed by atoms with Crippen molar-refractivity contribution in [2.75, 3.05) is 5.32 Å². The Balaban J connectivity index is 2.31. The Morgan fingerprint density at radius 3 is 2.89 bits per heavy atom. The molecule has 0 saturated heterocycles. The zero-order valence-electron chi connectivity index (χ0n) is 9.95. The molecule has 0 fully saturated rings. The predicted octanol–water partition coefficient (Wildman–Crippen LogP) is 3.40. The van der Waals surface area contributed by atoms with Crippen LogP contribution >= 0.6 is 0 Å². The number of imidazole rings is 1. The molecule has 5 heteroatoms. The molecule has 0 bridgehead atoms. The van der Waals surface area contributed by atoms with E-state index in [4.69, 9.17) is 0 Å². The number of hydrogen-bond donors (Lipinski definition) is 1. The van der Waals surface area contributed by atoms with Gasteiger partial charge in [0.05, 0.1) is 5.69 Å². The van der Waals surface area contributed by atoms with E-state index in [-0.39, 0.29) is 11.3 Å². The van der Waals surface area contributed by atoms with Gasteiger partial charge in [-0.25, -0.2) is 13.8 Å². The van der Waals surface area contributed by atoms with Crippen LogP contribution in [0.25, 0.3) is 0 Å². The number of benzene rings is 1. The number of aromatic nitrogens is 2. The van der Waals surface area contributed by atoms with Crippen LogP contribution in [0.5, 0.6) is 0 Å². The minimum absolute atomic E-state index is 0.0645. The van der Waals surface area contributed by atoms with Gasteiger partial charge in [0, 0.05) is 25.0 Å². The second kappa shape index (κ2) is 5.00. The Kier molecular flexibility index (Phi) is 3.41. The first-order valence-electron chi connectivity index (χ1n) is 5.46. The highest BCUT2D eigenvalue weighted by Crippen LogP contribution is 2.22. The molecule has 2 aromatic rings. The lowest BCUT2D eigenvalue weighted by Crippen LogP contribution is -2.04. The molecule has 1 N–H and O–H groups in total. The third kappa shape index (κ3) is 2.40. The van der Waals surface area contributed by atoms with Gasteiger partial charge in [-0.3, -0.25) is 0 Å². The van der Waals surface area contributed by atoms with E-state index in [1.165, 1.54) is 6.92 Å². The van der Waals surface area contributed by atoms with Gasteiger partial charge in [-0.15, -0.1) is 6.58 Å². The fraction of sp³-hybridized carbons (Fsp3) is 0.154. The van der Waals surface area contributed by atoms with Crippen LogP contribution in [0.4, 0.5) is 20.4 Å². The first-order valence-corrected chi connectivity index (χ1v) is 5.46. The Hall–Kier alpha value is -2.17. The molecule has 0 spiro atoms. The smallest absolute Gasteiger partial charge is 0.207 e. The maximum Gasteiger partial charge on any atom is 0.207 e. The Labute approximate surface area is 104 Å². The maximum atomic E-state index is 13.7. The van der Waals surface area contributed by atoms with E-state index < -0.39 is 11.6 Å². The predicted molar refractivity (Wildman–Crippen MR) is 66.8 cm³/mol. The van der Waals surface area contributed by atoms with Gasteiger partial charge in [-0.2, -0.15) is 0 Å². The molecule has 3 nitrogen and oxygen atoms in total. The van der Waals surface area contributed by atoms with Crippen molar-refractivity contribution in [1.29, 1.82) is 0 Å². The van der Waals surface area contributed by atoms with Crippen LogP contribution in [0.2, 0.25) is 0 Å². The molecule has 94 valence electrons. The molecular weight excluding hydrogens is 236 g/mol. The number of halogens is 2. The van der Waals surface area contributed by atoms with Crippen molar-refractivity contribution in [3.8, 4) is 0 Å². The Morgan fingerprint density at radius 1 is 1.39 bits per heavy atom. The average Bonchev–Trinajstić information content (AvgIpc) is 2.74. The van der Waals surface area contributed by atoms with Crippen molar-refractivity contribution in [2.24, 2.45) is 0 Å². The summed E-state index contributed by atoms with van der Waals surface area (Å²) in [6, 6.07) is 2.27. The third-order valence-electron chi connectivity index (χ3n) is 2.54. The fourth-order valence-electron chi connectivity index (χ4n) is 1.58. The summed E-state index contributed by atoms with van der Waals surface area (Å²) in [6.45, 7) is 5.67. The largest absolute Gasteiger partial charge is 0.323 e. The van der Waals surface area contributed by atoms with Crippen LogP contribution < -0.4 is 5.32 Å². The molecule has 0 unspecified atom stereocenters.